The molecule has 0 aliphatic heterocycles. The van der Waals surface area contributed by atoms with Crippen LogP contribution in [0.2, 0.25) is 5.02 Å². The maximum atomic E-state index is 13.9. The van der Waals surface area contributed by atoms with Crippen molar-refractivity contribution in [2.24, 2.45) is 5.92 Å². The summed E-state index contributed by atoms with van der Waals surface area (Å²) in [4.78, 5) is 12.4. The third-order valence-electron chi connectivity index (χ3n) is 4.55. The van der Waals surface area contributed by atoms with Gasteiger partial charge in [-0.05, 0) is 31.4 Å². The minimum absolute atomic E-state index is 0.0686. The lowest BCUT2D eigenvalue weighted by atomic mass is 9.85. The molecule has 2 unspecified atom stereocenters. The lowest BCUT2D eigenvalue weighted by Crippen LogP contribution is -2.35. The van der Waals surface area contributed by atoms with Crippen LogP contribution in [0.4, 0.5) is 27.6 Å². The Morgan fingerprint density at radius 2 is 1.96 bits per heavy atom. The summed E-state index contributed by atoms with van der Waals surface area (Å²) in [5, 5.41) is 6.31. The fourth-order valence-corrected chi connectivity index (χ4v) is 3.38. The second-order valence-electron chi connectivity index (χ2n) is 6.43. The molecule has 3 rings (SSSR count). The van der Waals surface area contributed by atoms with Gasteiger partial charge in [0.2, 0.25) is 0 Å². The Morgan fingerprint density at radius 3 is 2.63 bits per heavy atom. The molecule has 27 heavy (non-hydrogen) atoms. The molecule has 1 heterocycles. The van der Waals surface area contributed by atoms with Gasteiger partial charge in [-0.2, -0.15) is 23.0 Å². The molecule has 1 aliphatic rings. The van der Waals surface area contributed by atoms with Crippen molar-refractivity contribution in [1.82, 2.24) is 9.78 Å². The SMILES string of the molecule is O=c1c(Cl)c(NC2CCCC(C(F)(F)F)C2)cnn1-c1ccc(F)cc1F. The van der Waals surface area contributed by atoms with Crippen LogP contribution >= 0.6 is 11.6 Å². The van der Waals surface area contributed by atoms with E-state index in [9.17, 15) is 26.7 Å². The molecule has 2 aromatic rings. The number of hydrogen-bond donors (Lipinski definition) is 1. The first-order valence-electron chi connectivity index (χ1n) is 8.23. The molecule has 1 aromatic carbocycles. The standard InChI is InChI=1S/C17H15ClF5N3O/c18-15-13(25-11-3-1-2-9(6-11)17(21,22)23)8-24-26(16(15)27)14-5-4-10(19)7-12(14)20/h4-5,7-9,11,25H,1-3,6H2. The van der Waals surface area contributed by atoms with Gasteiger partial charge in [-0.25, -0.2) is 8.78 Å². The zero-order valence-electron chi connectivity index (χ0n) is 13.9. The summed E-state index contributed by atoms with van der Waals surface area (Å²) in [5.74, 6) is -3.23. The predicted molar refractivity (Wildman–Crippen MR) is 90.2 cm³/mol. The lowest BCUT2D eigenvalue weighted by molar-refractivity contribution is -0.182. The summed E-state index contributed by atoms with van der Waals surface area (Å²) in [6, 6.07) is 2.09. The maximum absolute atomic E-state index is 13.9. The second-order valence-corrected chi connectivity index (χ2v) is 6.81. The molecule has 0 spiro atoms. The molecular formula is C17H15ClF5N3O. The van der Waals surface area contributed by atoms with E-state index in [1.807, 2.05) is 0 Å². The van der Waals surface area contributed by atoms with Gasteiger partial charge in [0, 0.05) is 12.1 Å². The van der Waals surface area contributed by atoms with Crippen molar-refractivity contribution in [2.75, 3.05) is 5.32 Å². The predicted octanol–water partition coefficient (Wildman–Crippen LogP) is 4.70. The summed E-state index contributed by atoms with van der Waals surface area (Å²) < 4.78 is 66.3. The maximum Gasteiger partial charge on any atom is 0.391 e. The Hall–Kier alpha value is -2.16. The van der Waals surface area contributed by atoms with Crippen LogP contribution in [0, 0.1) is 17.6 Å². The van der Waals surface area contributed by atoms with Crippen LogP contribution < -0.4 is 10.9 Å². The van der Waals surface area contributed by atoms with Gasteiger partial charge < -0.3 is 5.32 Å². The van der Waals surface area contributed by atoms with Gasteiger partial charge in [-0.1, -0.05) is 18.0 Å². The van der Waals surface area contributed by atoms with E-state index < -0.39 is 35.3 Å². The molecule has 1 fully saturated rings. The summed E-state index contributed by atoms with van der Waals surface area (Å²) in [6.07, 6.45) is -2.30. The monoisotopic (exact) mass is 407 g/mol. The Morgan fingerprint density at radius 1 is 1.22 bits per heavy atom. The minimum Gasteiger partial charge on any atom is -0.380 e. The zero-order chi connectivity index (χ0) is 19.8. The van der Waals surface area contributed by atoms with Gasteiger partial charge in [-0.15, -0.1) is 0 Å². The normalized spacial score (nSPS) is 20.5. The van der Waals surface area contributed by atoms with Crippen molar-refractivity contribution in [3.05, 3.63) is 51.4 Å². The average Bonchev–Trinajstić information content (AvgIpc) is 2.60. The molecule has 2 atom stereocenters. The van der Waals surface area contributed by atoms with E-state index in [2.05, 4.69) is 10.4 Å². The third-order valence-corrected chi connectivity index (χ3v) is 4.92. The van der Waals surface area contributed by atoms with E-state index in [0.29, 0.717) is 23.6 Å². The number of nitrogens with one attached hydrogen (secondary N) is 1. The molecule has 146 valence electrons. The highest BCUT2D eigenvalue weighted by Gasteiger charge is 2.42. The van der Waals surface area contributed by atoms with Crippen LogP contribution in [0.3, 0.4) is 0 Å². The number of benzene rings is 1. The first-order valence-corrected chi connectivity index (χ1v) is 8.61. The minimum atomic E-state index is -4.27. The van der Waals surface area contributed by atoms with E-state index in [1.54, 1.807) is 0 Å². The van der Waals surface area contributed by atoms with E-state index in [1.165, 1.54) is 0 Å². The Labute approximate surface area is 155 Å². The molecule has 4 nitrogen and oxygen atoms in total. The first kappa shape index (κ1) is 19.6. The van der Waals surface area contributed by atoms with Crippen molar-refractivity contribution in [1.29, 1.82) is 0 Å². The highest BCUT2D eigenvalue weighted by atomic mass is 35.5. The van der Waals surface area contributed by atoms with Crippen molar-refractivity contribution in [2.45, 2.75) is 37.9 Å². The number of halogens is 6. The van der Waals surface area contributed by atoms with E-state index in [0.717, 1.165) is 18.3 Å². The van der Waals surface area contributed by atoms with Gasteiger partial charge in [0.1, 0.15) is 16.5 Å². The Kier molecular flexibility index (Phi) is 5.41. The highest BCUT2D eigenvalue weighted by Crippen LogP contribution is 2.38. The molecule has 1 N–H and O–H groups in total. The fourth-order valence-electron chi connectivity index (χ4n) is 3.20. The molecule has 0 bridgehead atoms. The van der Waals surface area contributed by atoms with E-state index >= 15 is 0 Å². The van der Waals surface area contributed by atoms with Crippen LogP contribution in [0.1, 0.15) is 25.7 Å². The molecule has 1 saturated carbocycles. The number of anilines is 1. The summed E-state index contributed by atoms with van der Waals surface area (Å²) >= 11 is 6.02. The van der Waals surface area contributed by atoms with E-state index in [4.69, 9.17) is 11.6 Å². The number of hydrogen-bond acceptors (Lipinski definition) is 3. The molecule has 0 amide bonds. The largest absolute Gasteiger partial charge is 0.391 e. The first-order chi connectivity index (χ1) is 12.7. The van der Waals surface area contributed by atoms with Gasteiger partial charge in [0.25, 0.3) is 5.56 Å². The second kappa shape index (κ2) is 7.46. The fraction of sp³-hybridized carbons (Fsp3) is 0.412. The Balaban J connectivity index is 1.84. The molecule has 0 radical (unpaired) electrons. The molecule has 0 saturated heterocycles. The quantitative estimate of drug-likeness (QED) is 0.750. The molecule has 10 heteroatoms. The smallest absolute Gasteiger partial charge is 0.380 e. The van der Waals surface area contributed by atoms with Gasteiger partial charge in [0.05, 0.1) is 17.8 Å². The van der Waals surface area contributed by atoms with Gasteiger partial charge >= 0.3 is 6.18 Å². The Bertz CT molecular complexity index is 899. The van der Waals surface area contributed by atoms with Crippen molar-refractivity contribution >= 4 is 17.3 Å². The topological polar surface area (TPSA) is 46.9 Å². The lowest BCUT2D eigenvalue weighted by Gasteiger charge is -2.31. The number of alkyl halides is 3. The van der Waals surface area contributed by atoms with Crippen LogP contribution in [0.25, 0.3) is 5.69 Å². The van der Waals surface area contributed by atoms with Crippen molar-refractivity contribution in [3.8, 4) is 5.69 Å². The molecule has 1 aromatic heterocycles. The van der Waals surface area contributed by atoms with E-state index in [-0.39, 0.29) is 29.2 Å². The van der Waals surface area contributed by atoms with Crippen LogP contribution in [-0.4, -0.2) is 22.0 Å². The molecular weight excluding hydrogens is 393 g/mol. The molecule has 1 aliphatic carbocycles. The van der Waals surface area contributed by atoms with Gasteiger partial charge in [0.15, 0.2) is 5.82 Å². The van der Waals surface area contributed by atoms with Crippen LogP contribution in [0.5, 0.6) is 0 Å². The summed E-state index contributed by atoms with van der Waals surface area (Å²) in [5.41, 5.74) is -1.08. The highest BCUT2D eigenvalue weighted by molar-refractivity contribution is 6.32. The third kappa shape index (κ3) is 4.23. The van der Waals surface area contributed by atoms with Crippen LogP contribution in [0.15, 0.2) is 29.2 Å². The average molecular weight is 408 g/mol. The van der Waals surface area contributed by atoms with Crippen molar-refractivity contribution in [3.63, 3.8) is 0 Å². The van der Waals surface area contributed by atoms with Crippen molar-refractivity contribution < 1.29 is 22.0 Å². The zero-order valence-corrected chi connectivity index (χ0v) is 14.6. The number of nitrogens with zero attached hydrogens (tertiary/aromatic N) is 2. The summed E-state index contributed by atoms with van der Waals surface area (Å²) in [7, 11) is 0. The van der Waals surface area contributed by atoms with Crippen LogP contribution in [-0.2, 0) is 0 Å². The number of aromatic nitrogens is 2. The summed E-state index contributed by atoms with van der Waals surface area (Å²) in [6.45, 7) is 0. The van der Waals surface area contributed by atoms with Gasteiger partial charge in [-0.3, -0.25) is 4.79 Å². The number of rotatable bonds is 3.